The van der Waals surface area contributed by atoms with Gasteiger partial charge < -0.3 is 5.32 Å². The van der Waals surface area contributed by atoms with Crippen LogP contribution in [0.3, 0.4) is 0 Å². The lowest BCUT2D eigenvalue weighted by molar-refractivity contribution is 0.0958. The standard InChI is InChI=1S/C19H18N4O3S/c24-19-17-8-4-5-9-18(17)23(11-10-20-19)27(25,26)16-12-21-22(14-16)13-15-6-2-1-3-7-15/h1-9,12,14H,10-11,13H2,(H,20,24). The van der Waals surface area contributed by atoms with Crippen LogP contribution in [-0.2, 0) is 16.6 Å². The lowest BCUT2D eigenvalue weighted by atomic mass is 10.2. The summed E-state index contributed by atoms with van der Waals surface area (Å²) in [4.78, 5) is 12.3. The highest BCUT2D eigenvalue weighted by Gasteiger charge is 2.31. The Kier molecular flexibility index (Phi) is 4.41. The van der Waals surface area contributed by atoms with Crippen molar-refractivity contribution in [2.45, 2.75) is 11.4 Å². The van der Waals surface area contributed by atoms with E-state index in [1.165, 1.54) is 16.7 Å². The summed E-state index contributed by atoms with van der Waals surface area (Å²) in [5, 5.41) is 6.92. The average molecular weight is 382 g/mol. The molecule has 27 heavy (non-hydrogen) atoms. The number of hydrogen-bond donors (Lipinski definition) is 1. The summed E-state index contributed by atoms with van der Waals surface area (Å²) in [5.74, 6) is -0.275. The van der Waals surface area contributed by atoms with E-state index < -0.39 is 10.0 Å². The summed E-state index contributed by atoms with van der Waals surface area (Å²) in [6.45, 7) is 0.882. The van der Waals surface area contributed by atoms with Crippen LogP contribution in [0.15, 0.2) is 71.9 Å². The van der Waals surface area contributed by atoms with Gasteiger partial charge in [0.15, 0.2) is 0 Å². The largest absolute Gasteiger partial charge is 0.350 e. The predicted molar refractivity (Wildman–Crippen MR) is 101 cm³/mol. The van der Waals surface area contributed by atoms with Gasteiger partial charge in [0.1, 0.15) is 4.90 Å². The maximum absolute atomic E-state index is 13.2. The number of amides is 1. The number of aromatic nitrogens is 2. The van der Waals surface area contributed by atoms with Gasteiger partial charge in [-0.3, -0.25) is 13.8 Å². The van der Waals surface area contributed by atoms with Crippen LogP contribution < -0.4 is 9.62 Å². The molecule has 1 aromatic heterocycles. The summed E-state index contributed by atoms with van der Waals surface area (Å²) < 4.78 is 29.3. The van der Waals surface area contributed by atoms with Crippen molar-refractivity contribution in [1.29, 1.82) is 0 Å². The van der Waals surface area contributed by atoms with Gasteiger partial charge in [-0.1, -0.05) is 42.5 Å². The summed E-state index contributed by atoms with van der Waals surface area (Å²) in [7, 11) is -3.84. The van der Waals surface area contributed by atoms with Crippen molar-refractivity contribution in [3.8, 4) is 0 Å². The smallest absolute Gasteiger partial charge is 0.267 e. The second kappa shape index (κ2) is 6.88. The van der Waals surface area contributed by atoms with Crippen molar-refractivity contribution in [1.82, 2.24) is 15.1 Å². The highest BCUT2D eigenvalue weighted by atomic mass is 32.2. The van der Waals surface area contributed by atoms with E-state index in [2.05, 4.69) is 10.4 Å². The zero-order valence-electron chi connectivity index (χ0n) is 14.4. The number of carbonyl (C=O) groups excluding carboxylic acids is 1. The number of fused-ring (bicyclic) bond motifs is 1. The summed E-state index contributed by atoms with van der Waals surface area (Å²) in [6.07, 6.45) is 2.87. The molecule has 0 fully saturated rings. The molecule has 0 atom stereocenters. The van der Waals surface area contributed by atoms with Gasteiger partial charge in [-0.2, -0.15) is 5.10 Å². The van der Waals surface area contributed by atoms with Gasteiger partial charge in [0.2, 0.25) is 0 Å². The number of hydrogen-bond acceptors (Lipinski definition) is 4. The van der Waals surface area contributed by atoms with E-state index in [4.69, 9.17) is 0 Å². The van der Waals surface area contributed by atoms with Gasteiger partial charge in [0.05, 0.1) is 30.5 Å². The van der Waals surface area contributed by atoms with E-state index in [0.717, 1.165) is 5.56 Å². The molecule has 8 heteroatoms. The third-order valence-corrected chi connectivity index (χ3v) is 6.17. The van der Waals surface area contributed by atoms with Gasteiger partial charge in [-0.25, -0.2) is 8.42 Å². The first-order valence-electron chi connectivity index (χ1n) is 8.52. The van der Waals surface area contributed by atoms with Gasteiger partial charge in [-0.15, -0.1) is 0 Å². The minimum Gasteiger partial charge on any atom is -0.350 e. The molecule has 138 valence electrons. The lowest BCUT2D eigenvalue weighted by Gasteiger charge is -2.22. The van der Waals surface area contributed by atoms with Crippen molar-refractivity contribution in [2.24, 2.45) is 0 Å². The van der Waals surface area contributed by atoms with Crippen LogP contribution in [0.25, 0.3) is 0 Å². The Hall–Kier alpha value is -3.13. The van der Waals surface area contributed by atoms with Gasteiger partial charge in [0, 0.05) is 12.7 Å². The zero-order chi connectivity index (χ0) is 18.9. The van der Waals surface area contributed by atoms with Gasteiger partial charge in [-0.05, 0) is 17.7 Å². The van der Waals surface area contributed by atoms with E-state index in [-0.39, 0.29) is 23.9 Å². The van der Waals surface area contributed by atoms with Crippen molar-refractivity contribution in [3.05, 3.63) is 78.1 Å². The number of nitrogens with zero attached hydrogens (tertiary/aromatic N) is 3. The van der Waals surface area contributed by atoms with Crippen molar-refractivity contribution in [3.63, 3.8) is 0 Å². The number of nitrogens with one attached hydrogen (secondary N) is 1. The van der Waals surface area contributed by atoms with Crippen LogP contribution in [0.2, 0.25) is 0 Å². The minimum absolute atomic E-state index is 0.0996. The van der Waals surface area contributed by atoms with Crippen LogP contribution >= 0.6 is 0 Å². The zero-order valence-corrected chi connectivity index (χ0v) is 15.3. The molecule has 1 amide bonds. The Morgan fingerprint density at radius 3 is 2.59 bits per heavy atom. The fourth-order valence-electron chi connectivity index (χ4n) is 3.08. The summed E-state index contributed by atoms with van der Waals surface area (Å²) >= 11 is 0. The molecule has 7 nitrogen and oxygen atoms in total. The Morgan fingerprint density at radius 2 is 1.78 bits per heavy atom. The fraction of sp³-hybridized carbons (Fsp3) is 0.158. The molecular formula is C19H18N4O3S. The number of rotatable bonds is 4. The SMILES string of the molecule is O=C1NCCN(S(=O)(=O)c2cnn(Cc3ccccc3)c2)c2ccccc21. The fourth-order valence-corrected chi connectivity index (χ4v) is 4.52. The molecule has 3 aromatic rings. The number of carbonyl (C=O) groups is 1. The van der Waals surface area contributed by atoms with Crippen LogP contribution in [-0.4, -0.2) is 37.2 Å². The lowest BCUT2D eigenvalue weighted by Crippen LogP contribution is -2.35. The Balaban J connectivity index is 1.68. The van der Waals surface area contributed by atoms with Crippen LogP contribution in [0.5, 0.6) is 0 Å². The topological polar surface area (TPSA) is 84.3 Å². The Bertz CT molecular complexity index is 1080. The van der Waals surface area contributed by atoms with Crippen molar-refractivity contribution in [2.75, 3.05) is 17.4 Å². The number of sulfonamides is 1. The first-order chi connectivity index (χ1) is 13.1. The number of anilines is 1. The molecule has 0 radical (unpaired) electrons. The third-order valence-electron chi connectivity index (χ3n) is 4.40. The van der Waals surface area contributed by atoms with E-state index in [9.17, 15) is 13.2 Å². The summed E-state index contributed by atoms with van der Waals surface area (Å²) in [6, 6.07) is 16.4. The van der Waals surface area contributed by atoms with E-state index >= 15 is 0 Å². The van der Waals surface area contributed by atoms with Gasteiger partial charge >= 0.3 is 0 Å². The molecule has 0 spiro atoms. The Morgan fingerprint density at radius 1 is 1.04 bits per heavy atom. The average Bonchev–Trinajstić information content (AvgIpc) is 3.08. The number of para-hydroxylation sites is 1. The molecule has 0 saturated heterocycles. The van der Waals surface area contributed by atoms with E-state index in [0.29, 0.717) is 17.8 Å². The Labute approximate surface area is 157 Å². The molecule has 1 N–H and O–H groups in total. The van der Waals surface area contributed by atoms with Crippen LogP contribution in [0, 0.1) is 0 Å². The first-order valence-corrected chi connectivity index (χ1v) is 9.96. The van der Waals surface area contributed by atoms with E-state index in [1.807, 2.05) is 30.3 Å². The second-order valence-electron chi connectivity index (χ2n) is 6.21. The van der Waals surface area contributed by atoms with Crippen LogP contribution in [0.1, 0.15) is 15.9 Å². The molecule has 2 heterocycles. The quantitative estimate of drug-likeness (QED) is 0.747. The molecule has 0 aliphatic carbocycles. The highest BCUT2D eigenvalue weighted by Crippen LogP contribution is 2.28. The minimum atomic E-state index is -3.84. The molecule has 1 aliphatic rings. The second-order valence-corrected chi connectivity index (χ2v) is 8.07. The molecule has 0 saturated carbocycles. The van der Waals surface area contributed by atoms with Crippen molar-refractivity contribution >= 4 is 21.6 Å². The number of benzene rings is 2. The molecule has 2 aromatic carbocycles. The maximum Gasteiger partial charge on any atom is 0.267 e. The molecular weight excluding hydrogens is 364 g/mol. The third kappa shape index (κ3) is 3.31. The van der Waals surface area contributed by atoms with Gasteiger partial charge in [0.25, 0.3) is 15.9 Å². The molecule has 0 unspecified atom stereocenters. The predicted octanol–water partition coefficient (Wildman–Crippen LogP) is 1.87. The van der Waals surface area contributed by atoms with Crippen LogP contribution in [0.4, 0.5) is 5.69 Å². The molecule has 1 aliphatic heterocycles. The first kappa shape index (κ1) is 17.3. The molecule has 0 bridgehead atoms. The monoisotopic (exact) mass is 382 g/mol. The van der Waals surface area contributed by atoms with Crippen molar-refractivity contribution < 1.29 is 13.2 Å². The normalized spacial score (nSPS) is 14.4. The highest BCUT2D eigenvalue weighted by molar-refractivity contribution is 7.92. The van der Waals surface area contributed by atoms with E-state index in [1.54, 1.807) is 28.9 Å². The summed E-state index contributed by atoms with van der Waals surface area (Å²) in [5.41, 5.74) is 1.75. The molecule has 4 rings (SSSR count). The maximum atomic E-state index is 13.2.